The highest BCUT2D eigenvalue weighted by Crippen LogP contribution is 2.35. The quantitative estimate of drug-likeness (QED) is 0.163. The van der Waals surface area contributed by atoms with Crippen LogP contribution in [-0.2, 0) is 17.6 Å². The number of thioether (sulfide) groups is 1. The molecule has 0 fully saturated rings. The number of hydrogen-bond acceptors (Lipinski definition) is 7. The van der Waals surface area contributed by atoms with E-state index in [0.717, 1.165) is 58.3 Å². The Kier molecular flexibility index (Phi) is 7.20. The molecule has 4 aromatic rings. The van der Waals surface area contributed by atoms with Crippen LogP contribution in [0.3, 0.4) is 0 Å². The number of rotatable bonds is 7. The fourth-order valence-electron chi connectivity index (χ4n) is 4.31. The normalized spacial score (nSPS) is 13.2. The number of amides is 1. The molecule has 9 heteroatoms. The third-order valence-electron chi connectivity index (χ3n) is 6.11. The molecule has 1 aliphatic carbocycles. The first kappa shape index (κ1) is 24.3. The number of thiophene rings is 1. The summed E-state index contributed by atoms with van der Waals surface area (Å²) in [4.78, 5) is 33.2. The molecule has 0 radical (unpaired) electrons. The molecule has 1 N–H and O–H groups in total. The minimum absolute atomic E-state index is 0.0676. The van der Waals surface area contributed by atoms with Gasteiger partial charge in [-0.1, -0.05) is 41.6 Å². The number of carbonyl (C=O) groups excluding carboxylic acids is 1. The standard InChI is InChI=1S/C27H26N4O3S2/c1-17-11-13-19(14-12-17)31-26(33)24-20-8-4-6-10-22(20)36-25(24)29-27(31)35-16-23(32)30-28-15-18-7-3-5-9-21(18)34-2/h3,5,7,9,11-15H,4,6,8,10,16H2,1-2H3,(H,30,32)/b28-15+. The third kappa shape index (κ3) is 4.94. The number of nitrogens with one attached hydrogen (secondary N) is 1. The number of benzene rings is 2. The van der Waals surface area contributed by atoms with Gasteiger partial charge in [-0.15, -0.1) is 11.3 Å². The Morgan fingerprint density at radius 2 is 1.97 bits per heavy atom. The van der Waals surface area contributed by atoms with Crippen LogP contribution in [0.15, 0.2) is 63.6 Å². The van der Waals surface area contributed by atoms with Crippen molar-refractivity contribution in [3.05, 3.63) is 80.5 Å². The first-order valence-corrected chi connectivity index (χ1v) is 13.6. The molecule has 0 saturated heterocycles. The van der Waals surface area contributed by atoms with Gasteiger partial charge in [0.2, 0.25) is 0 Å². The number of hydrazone groups is 1. The average molecular weight is 519 g/mol. The molecular weight excluding hydrogens is 492 g/mol. The van der Waals surface area contributed by atoms with Crippen LogP contribution in [0.25, 0.3) is 15.9 Å². The summed E-state index contributed by atoms with van der Waals surface area (Å²) in [6.07, 6.45) is 5.69. The second-order valence-corrected chi connectivity index (χ2v) is 10.6. The average Bonchev–Trinajstić information content (AvgIpc) is 3.27. The van der Waals surface area contributed by atoms with Crippen LogP contribution in [0.2, 0.25) is 0 Å². The third-order valence-corrected chi connectivity index (χ3v) is 8.24. The fourth-order valence-corrected chi connectivity index (χ4v) is 6.42. The van der Waals surface area contributed by atoms with Crippen LogP contribution in [0, 0.1) is 6.92 Å². The van der Waals surface area contributed by atoms with E-state index >= 15 is 0 Å². The molecule has 36 heavy (non-hydrogen) atoms. The largest absolute Gasteiger partial charge is 0.496 e. The molecule has 1 aliphatic rings. The van der Waals surface area contributed by atoms with Gasteiger partial charge in [-0.2, -0.15) is 5.10 Å². The van der Waals surface area contributed by atoms with Gasteiger partial charge in [0, 0.05) is 10.4 Å². The smallest absolute Gasteiger partial charge is 0.267 e. The van der Waals surface area contributed by atoms with E-state index in [2.05, 4.69) is 10.5 Å². The van der Waals surface area contributed by atoms with Crippen molar-refractivity contribution in [3.8, 4) is 11.4 Å². The second-order valence-electron chi connectivity index (χ2n) is 8.59. The minimum atomic E-state index is -0.290. The lowest BCUT2D eigenvalue weighted by molar-refractivity contribution is -0.118. The zero-order valence-corrected chi connectivity index (χ0v) is 21.7. The highest BCUT2D eigenvalue weighted by Gasteiger charge is 2.23. The number of para-hydroxylation sites is 1. The number of methoxy groups -OCH3 is 1. The van der Waals surface area contributed by atoms with E-state index in [1.54, 1.807) is 29.2 Å². The Balaban J connectivity index is 1.42. The first-order chi connectivity index (χ1) is 17.5. The molecule has 0 atom stereocenters. The molecule has 0 spiro atoms. The number of aryl methyl sites for hydroxylation is 3. The molecule has 2 heterocycles. The maximum atomic E-state index is 13.8. The van der Waals surface area contributed by atoms with Gasteiger partial charge < -0.3 is 4.74 Å². The van der Waals surface area contributed by atoms with Crippen LogP contribution in [0.4, 0.5) is 0 Å². The number of carbonyl (C=O) groups is 1. The van der Waals surface area contributed by atoms with Crippen molar-refractivity contribution >= 4 is 45.4 Å². The van der Waals surface area contributed by atoms with E-state index < -0.39 is 0 Å². The lowest BCUT2D eigenvalue weighted by Crippen LogP contribution is -2.24. The minimum Gasteiger partial charge on any atom is -0.496 e. The van der Waals surface area contributed by atoms with Gasteiger partial charge in [0.15, 0.2) is 5.16 Å². The lowest BCUT2D eigenvalue weighted by atomic mass is 9.97. The molecule has 184 valence electrons. The summed E-state index contributed by atoms with van der Waals surface area (Å²) in [5.41, 5.74) is 6.25. The molecule has 0 unspecified atom stereocenters. The number of aromatic nitrogens is 2. The van der Waals surface area contributed by atoms with Crippen LogP contribution >= 0.6 is 23.1 Å². The predicted molar refractivity (Wildman–Crippen MR) is 146 cm³/mol. The molecule has 0 bridgehead atoms. The summed E-state index contributed by atoms with van der Waals surface area (Å²) in [6.45, 7) is 2.01. The number of hydrogen-bond donors (Lipinski definition) is 1. The summed E-state index contributed by atoms with van der Waals surface area (Å²) in [5.74, 6) is 0.447. The van der Waals surface area contributed by atoms with Gasteiger partial charge in [0.1, 0.15) is 10.6 Å². The van der Waals surface area contributed by atoms with Crippen LogP contribution < -0.4 is 15.7 Å². The van der Waals surface area contributed by atoms with Crippen molar-refractivity contribution in [3.63, 3.8) is 0 Å². The molecule has 1 amide bonds. The molecule has 0 aliphatic heterocycles. The van der Waals surface area contributed by atoms with Crippen molar-refractivity contribution in [2.45, 2.75) is 37.8 Å². The fraction of sp³-hybridized carbons (Fsp3) is 0.259. The summed E-state index contributed by atoms with van der Waals surface area (Å²) in [5, 5.41) is 5.29. The van der Waals surface area contributed by atoms with E-state index in [9.17, 15) is 9.59 Å². The molecular formula is C27H26N4O3S2. The van der Waals surface area contributed by atoms with Gasteiger partial charge in [-0.25, -0.2) is 10.4 Å². The first-order valence-electron chi connectivity index (χ1n) is 11.8. The number of fused-ring (bicyclic) bond motifs is 3. The lowest BCUT2D eigenvalue weighted by Gasteiger charge is -2.13. The SMILES string of the molecule is COc1ccccc1/C=N/NC(=O)CSc1nc2sc3c(c2c(=O)n1-c1ccc(C)cc1)CCCC3. The van der Waals surface area contributed by atoms with Gasteiger partial charge in [0.05, 0.1) is 30.2 Å². The van der Waals surface area contributed by atoms with Crippen molar-refractivity contribution in [1.82, 2.24) is 15.0 Å². The molecule has 0 saturated carbocycles. The van der Waals surface area contributed by atoms with E-state index in [4.69, 9.17) is 9.72 Å². The van der Waals surface area contributed by atoms with Gasteiger partial charge in [0.25, 0.3) is 11.5 Å². The highest BCUT2D eigenvalue weighted by atomic mass is 32.2. The zero-order valence-electron chi connectivity index (χ0n) is 20.1. The second kappa shape index (κ2) is 10.7. The van der Waals surface area contributed by atoms with Crippen molar-refractivity contribution in [2.24, 2.45) is 5.10 Å². The Morgan fingerprint density at radius 3 is 2.78 bits per heavy atom. The monoisotopic (exact) mass is 518 g/mol. The summed E-state index contributed by atoms with van der Waals surface area (Å²) < 4.78 is 6.94. The summed E-state index contributed by atoms with van der Waals surface area (Å²) in [7, 11) is 1.59. The highest BCUT2D eigenvalue weighted by molar-refractivity contribution is 7.99. The number of ether oxygens (including phenoxy) is 1. The predicted octanol–water partition coefficient (Wildman–Crippen LogP) is 4.89. The van der Waals surface area contributed by atoms with E-state index in [1.807, 2.05) is 55.5 Å². The Hall–Kier alpha value is -3.43. The summed E-state index contributed by atoms with van der Waals surface area (Å²) >= 11 is 2.84. The van der Waals surface area contributed by atoms with Crippen LogP contribution in [-0.4, -0.2) is 34.5 Å². The van der Waals surface area contributed by atoms with Gasteiger partial charge in [-0.05, 0) is 62.4 Å². The molecule has 2 aromatic heterocycles. The van der Waals surface area contributed by atoms with Crippen molar-refractivity contribution in [1.29, 1.82) is 0 Å². The van der Waals surface area contributed by atoms with Gasteiger partial charge in [-0.3, -0.25) is 14.2 Å². The Bertz CT molecular complexity index is 1510. The van der Waals surface area contributed by atoms with Crippen LogP contribution in [0.5, 0.6) is 5.75 Å². The maximum Gasteiger partial charge on any atom is 0.267 e. The van der Waals surface area contributed by atoms with E-state index in [0.29, 0.717) is 10.9 Å². The molecule has 5 rings (SSSR count). The number of nitrogens with zero attached hydrogens (tertiary/aromatic N) is 3. The van der Waals surface area contributed by atoms with Crippen LogP contribution in [0.1, 0.15) is 34.4 Å². The molecule has 2 aromatic carbocycles. The summed E-state index contributed by atoms with van der Waals surface area (Å²) in [6, 6.07) is 15.2. The topological polar surface area (TPSA) is 85.6 Å². The van der Waals surface area contributed by atoms with E-state index in [1.165, 1.54) is 16.6 Å². The maximum absolute atomic E-state index is 13.8. The zero-order chi connectivity index (χ0) is 25.1. The Morgan fingerprint density at radius 1 is 1.19 bits per heavy atom. The Labute approximate surface area is 217 Å². The van der Waals surface area contributed by atoms with Crippen molar-refractivity contribution < 1.29 is 9.53 Å². The van der Waals surface area contributed by atoms with Gasteiger partial charge >= 0.3 is 0 Å². The van der Waals surface area contributed by atoms with Crippen molar-refractivity contribution in [2.75, 3.05) is 12.9 Å². The van der Waals surface area contributed by atoms with E-state index in [-0.39, 0.29) is 17.2 Å². The molecule has 7 nitrogen and oxygen atoms in total.